The molecule has 9 nitrogen and oxygen atoms in total. The van der Waals surface area contributed by atoms with Crippen molar-refractivity contribution in [2.45, 2.75) is 6.54 Å². The van der Waals surface area contributed by atoms with Gasteiger partial charge in [0.05, 0.1) is 11.8 Å². The van der Waals surface area contributed by atoms with Crippen molar-refractivity contribution in [2.75, 3.05) is 16.9 Å². The first-order valence-corrected chi connectivity index (χ1v) is 10.4. The zero-order valence-electron chi connectivity index (χ0n) is 15.8. The Balaban J connectivity index is 1.78. The van der Waals surface area contributed by atoms with Crippen molar-refractivity contribution in [3.05, 3.63) is 71.7 Å². The lowest BCUT2D eigenvalue weighted by Crippen LogP contribution is -2.17. The average molecular weight is 431 g/mol. The molecule has 156 valence electrons. The van der Waals surface area contributed by atoms with E-state index in [0.717, 1.165) is 6.26 Å². The largest absolute Gasteiger partial charge is 0.383 e. The Labute approximate surface area is 172 Å². The third-order valence-corrected chi connectivity index (χ3v) is 4.31. The monoisotopic (exact) mass is 431 g/mol. The van der Waals surface area contributed by atoms with Gasteiger partial charge in [0.25, 0.3) is 5.91 Å². The van der Waals surface area contributed by atoms with Crippen LogP contribution in [0.4, 0.5) is 21.8 Å². The molecule has 1 heterocycles. The summed E-state index contributed by atoms with van der Waals surface area (Å²) in [5, 5.41) is 5.81. The van der Waals surface area contributed by atoms with E-state index < -0.39 is 21.8 Å². The lowest BCUT2D eigenvalue weighted by molar-refractivity contribution is 0.100. The summed E-state index contributed by atoms with van der Waals surface area (Å²) < 4.78 is 40.9. The maximum Gasteiger partial charge on any atom is 0.306 e. The van der Waals surface area contributed by atoms with Crippen molar-refractivity contribution < 1.29 is 21.8 Å². The molecule has 1 aromatic heterocycles. The first-order valence-electron chi connectivity index (χ1n) is 8.62. The minimum atomic E-state index is -3.62. The number of rotatable bonds is 8. The topological polar surface area (TPSA) is 136 Å². The van der Waals surface area contributed by atoms with Crippen LogP contribution >= 0.6 is 0 Å². The number of aromatic nitrogens is 2. The second-order valence-corrected chi connectivity index (χ2v) is 7.78. The predicted octanol–water partition coefficient (Wildman–Crippen LogP) is 2.41. The average Bonchev–Trinajstić information content (AvgIpc) is 2.68. The molecule has 0 fully saturated rings. The third-order valence-electron chi connectivity index (χ3n) is 3.82. The molecule has 1 amide bonds. The molecule has 3 aromatic rings. The van der Waals surface area contributed by atoms with Crippen LogP contribution in [0, 0.1) is 5.82 Å². The van der Waals surface area contributed by atoms with Gasteiger partial charge in [-0.1, -0.05) is 18.2 Å². The second-order valence-electron chi connectivity index (χ2n) is 6.20. The van der Waals surface area contributed by atoms with Gasteiger partial charge < -0.3 is 20.6 Å². The van der Waals surface area contributed by atoms with Gasteiger partial charge in [-0.3, -0.25) is 4.79 Å². The molecular weight excluding hydrogens is 413 g/mol. The lowest BCUT2D eigenvalue weighted by atomic mass is 10.2. The summed E-state index contributed by atoms with van der Waals surface area (Å²) in [7, 11) is -3.62. The molecule has 0 spiro atoms. The highest BCUT2D eigenvalue weighted by Gasteiger charge is 2.13. The normalized spacial score (nSPS) is 11.0. The highest BCUT2D eigenvalue weighted by molar-refractivity contribution is 7.86. The molecule has 0 aliphatic rings. The summed E-state index contributed by atoms with van der Waals surface area (Å²) in [6.45, 7) is 0.0843. The standard InChI is InChI=1S/C19H18FN5O4S/c1-30(27,28)29-14-8-6-13(7-9-14)24-19-23-11-15(17(21)26)18(25-19)22-10-12-4-2-3-5-16(12)20/h2-9,11H,10H2,1H3,(H2,21,26)(H2,22,23,24,25). The fourth-order valence-electron chi connectivity index (χ4n) is 2.48. The fourth-order valence-corrected chi connectivity index (χ4v) is 2.94. The summed E-state index contributed by atoms with van der Waals surface area (Å²) in [6, 6.07) is 12.3. The molecule has 0 aliphatic heterocycles. The van der Waals surface area contributed by atoms with Crippen LogP contribution in [0.1, 0.15) is 15.9 Å². The van der Waals surface area contributed by atoms with Crippen LogP contribution in [0.25, 0.3) is 0 Å². The lowest BCUT2D eigenvalue weighted by Gasteiger charge is -2.12. The number of primary amides is 1. The Hall–Kier alpha value is -3.73. The summed E-state index contributed by atoms with van der Waals surface area (Å²) in [5.41, 5.74) is 6.35. The zero-order chi connectivity index (χ0) is 21.7. The molecule has 11 heteroatoms. The van der Waals surface area contributed by atoms with Crippen LogP contribution in [0.15, 0.2) is 54.7 Å². The fraction of sp³-hybridized carbons (Fsp3) is 0.105. The van der Waals surface area contributed by atoms with Crippen molar-refractivity contribution in [1.82, 2.24) is 9.97 Å². The Bertz CT molecular complexity index is 1170. The molecule has 30 heavy (non-hydrogen) atoms. The van der Waals surface area contributed by atoms with Crippen molar-refractivity contribution in [2.24, 2.45) is 5.73 Å². The van der Waals surface area contributed by atoms with Crippen LogP contribution in [0.5, 0.6) is 5.75 Å². The number of benzene rings is 2. The van der Waals surface area contributed by atoms with E-state index in [2.05, 4.69) is 20.6 Å². The third kappa shape index (κ3) is 5.64. The summed E-state index contributed by atoms with van der Waals surface area (Å²) in [6.07, 6.45) is 2.20. The number of hydrogen-bond donors (Lipinski definition) is 3. The molecule has 0 radical (unpaired) electrons. The van der Waals surface area contributed by atoms with E-state index in [1.165, 1.54) is 24.4 Å². The van der Waals surface area contributed by atoms with E-state index in [4.69, 9.17) is 9.92 Å². The van der Waals surface area contributed by atoms with E-state index in [0.29, 0.717) is 11.3 Å². The van der Waals surface area contributed by atoms with Gasteiger partial charge in [0.1, 0.15) is 17.4 Å². The van der Waals surface area contributed by atoms with E-state index >= 15 is 0 Å². The highest BCUT2D eigenvalue weighted by atomic mass is 32.2. The number of nitrogens with one attached hydrogen (secondary N) is 2. The highest BCUT2D eigenvalue weighted by Crippen LogP contribution is 2.21. The van der Waals surface area contributed by atoms with Crippen LogP contribution in [-0.4, -0.2) is 30.5 Å². The van der Waals surface area contributed by atoms with Gasteiger partial charge in [-0.2, -0.15) is 13.4 Å². The van der Waals surface area contributed by atoms with Crippen LogP contribution < -0.4 is 20.6 Å². The number of nitrogens with zero attached hydrogens (tertiary/aromatic N) is 2. The molecule has 4 N–H and O–H groups in total. The number of nitrogens with two attached hydrogens (primary N) is 1. The van der Waals surface area contributed by atoms with Gasteiger partial charge in [-0.25, -0.2) is 9.37 Å². The number of carbonyl (C=O) groups is 1. The molecule has 0 saturated carbocycles. The van der Waals surface area contributed by atoms with Crippen LogP contribution in [0.2, 0.25) is 0 Å². The van der Waals surface area contributed by atoms with Crippen molar-refractivity contribution in [3.63, 3.8) is 0 Å². The second kappa shape index (κ2) is 8.74. The van der Waals surface area contributed by atoms with Crippen molar-refractivity contribution >= 4 is 33.5 Å². The SMILES string of the molecule is CS(=O)(=O)Oc1ccc(Nc2ncc(C(N)=O)c(NCc3ccccc3F)n2)cc1. The minimum absolute atomic E-state index is 0.0498. The van der Waals surface area contributed by atoms with Gasteiger partial charge in [0.15, 0.2) is 0 Å². The van der Waals surface area contributed by atoms with E-state index in [9.17, 15) is 17.6 Å². The predicted molar refractivity (Wildman–Crippen MR) is 109 cm³/mol. The minimum Gasteiger partial charge on any atom is -0.383 e. The van der Waals surface area contributed by atoms with Crippen molar-refractivity contribution in [3.8, 4) is 5.75 Å². The first kappa shape index (κ1) is 21.0. The number of carbonyl (C=O) groups excluding carboxylic acids is 1. The summed E-state index contributed by atoms with van der Waals surface area (Å²) >= 11 is 0. The van der Waals surface area contributed by atoms with Gasteiger partial charge in [-0.05, 0) is 30.3 Å². The maximum absolute atomic E-state index is 13.8. The first-order chi connectivity index (χ1) is 14.2. The van der Waals surface area contributed by atoms with Gasteiger partial charge >= 0.3 is 10.1 Å². The smallest absolute Gasteiger partial charge is 0.306 e. The molecule has 3 rings (SSSR count). The van der Waals surface area contributed by atoms with Crippen molar-refractivity contribution in [1.29, 1.82) is 0 Å². The molecule has 0 unspecified atom stereocenters. The number of amides is 1. The van der Waals surface area contributed by atoms with Gasteiger partial charge in [0, 0.05) is 24.0 Å². The van der Waals surface area contributed by atoms with E-state index in [1.807, 2.05) is 0 Å². The summed E-state index contributed by atoms with van der Waals surface area (Å²) in [4.78, 5) is 19.9. The number of halogens is 1. The summed E-state index contributed by atoms with van der Waals surface area (Å²) in [5.74, 6) is -0.692. The maximum atomic E-state index is 13.8. The molecule has 0 aliphatic carbocycles. The molecular formula is C19H18FN5O4S. The number of hydrogen-bond acceptors (Lipinski definition) is 8. The van der Waals surface area contributed by atoms with Gasteiger partial charge in [0.2, 0.25) is 5.95 Å². The molecule has 2 aromatic carbocycles. The van der Waals surface area contributed by atoms with E-state index in [1.54, 1.807) is 30.3 Å². The van der Waals surface area contributed by atoms with Crippen LogP contribution in [0.3, 0.4) is 0 Å². The Morgan fingerprint density at radius 1 is 1.17 bits per heavy atom. The molecule has 0 bridgehead atoms. The molecule has 0 atom stereocenters. The molecule has 0 saturated heterocycles. The number of anilines is 3. The van der Waals surface area contributed by atoms with E-state index in [-0.39, 0.29) is 29.6 Å². The van der Waals surface area contributed by atoms with Gasteiger partial charge in [-0.15, -0.1) is 0 Å². The quantitative estimate of drug-likeness (QED) is 0.463. The Kier molecular flexibility index (Phi) is 6.11. The Morgan fingerprint density at radius 3 is 2.50 bits per heavy atom. The zero-order valence-corrected chi connectivity index (χ0v) is 16.6. The Morgan fingerprint density at radius 2 is 1.87 bits per heavy atom. The van der Waals surface area contributed by atoms with Crippen LogP contribution in [-0.2, 0) is 16.7 Å².